The van der Waals surface area contributed by atoms with E-state index in [4.69, 9.17) is 0 Å². The molecule has 1 N–H and O–H groups in total. The third-order valence-electron chi connectivity index (χ3n) is 2.03. The van der Waals surface area contributed by atoms with Crippen molar-refractivity contribution in [2.45, 2.75) is 13.1 Å². The van der Waals surface area contributed by atoms with Crippen molar-refractivity contribution in [3.05, 3.63) is 29.3 Å². The van der Waals surface area contributed by atoms with E-state index >= 15 is 0 Å². The van der Waals surface area contributed by atoms with Crippen molar-refractivity contribution in [3.8, 4) is 5.75 Å². The number of esters is 1. The lowest BCUT2D eigenvalue weighted by Gasteiger charge is -2.09. The van der Waals surface area contributed by atoms with Gasteiger partial charge in [-0.3, -0.25) is 4.79 Å². The van der Waals surface area contributed by atoms with Gasteiger partial charge in [0.15, 0.2) is 0 Å². The van der Waals surface area contributed by atoms with Crippen molar-refractivity contribution in [1.29, 1.82) is 0 Å². The molecule has 1 rings (SSSR count). The number of ether oxygens (including phenoxy) is 1. The fraction of sp³-hybridized carbons (Fsp3) is 0.273. The normalized spacial score (nSPS) is 11.1. The third kappa shape index (κ3) is 2.99. The fourth-order valence-electron chi connectivity index (χ4n) is 1.20. The summed E-state index contributed by atoms with van der Waals surface area (Å²) in [5.41, 5.74) is -1.86. The number of carbonyl (C=O) groups excluding carboxylic acids is 2. The summed E-state index contributed by atoms with van der Waals surface area (Å²) in [7, 11) is 0. The molecule has 0 radical (unpaired) electrons. The summed E-state index contributed by atoms with van der Waals surface area (Å²) >= 11 is 0. The Morgan fingerprint density at radius 3 is 2.44 bits per heavy atom. The smallest absolute Gasteiger partial charge is 0.416 e. The first-order chi connectivity index (χ1) is 8.27. The molecule has 0 heterocycles. The van der Waals surface area contributed by atoms with Crippen molar-refractivity contribution < 1.29 is 32.6 Å². The Labute approximate surface area is 100.0 Å². The average Bonchev–Trinajstić information content (AvgIpc) is 2.27. The lowest BCUT2D eigenvalue weighted by molar-refractivity contribution is -0.139. The third-order valence-corrected chi connectivity index (χ3v) is 2.03. The molecule has 0 atom stereocenters. The predicted molar refractivity (Wildman–Crippen MR) is 54.1 cm³/mol. The minimum absolute atomic E-state index is 0.0930. The molecule has 0 aromatic heterocycles. The number of rotatable bonds is 3. The summed E-state index contributed by atoms with van der Waals surface area (Å²) in [4.78, 5) is 22.5. The minimum atomic E-state index is -4.67. The largest absolute Gasteiger partial charge is 0.507 e. The molecule has 0 aliphatic rings. The van der Waals surface area contributed by atoms with Crippen molar-refractivity contribution in [2.24, 2.45) is 0 Å². The highest BCUT2D eigenvalue weighted by molar-refractivity contribution is 6.41. The Kier molecular flexibility index (Phi) is 3.95. The van der Waals surface area contributed by atoms with Crippen LogP contribution in [0.25, 0.3) is 0 Å². The van der Waals surface area contributed by atoms with E-state index in [1.807, 2.05) is 0 Å². The number of phenolic OH excluding ortho intramolecular Hbond substituents is 1. The number of alkyl halides is 3. The highest BCUT2D eigenvalue weighted by atomic mass is 19.4. The molecule has 0 unspecified atom stereocenters. The zero-order valence-electron chi connectivity index (χ0n) is 9.25. The Balaban J connectivity index is 3.16. The molecule has 0 spiro atoms. The van der Waals surface area contributed by atoms with Gasteiger partial charge < -0.3 is 9.84 Å². The van der Waals surface area contributed by atoms with Gasteiger partial charge in [0, 0.05) is 0 Å². The van der Waals surface area contributed by atoms with Gasteiger partial charge in [-0.05, 0) is 25.1 Å². The number of benzene rings is 1. The van der Waals surface area contributed by atoms with Crippen LogP contribution >= 0.6 is 0 Å². The van der Waals surface area contributed by atoms with Crippen LogP contribution in [-0.2, 0) is 15.7 Å². The molecule has 1 aromatic rings. The molecule has 7 heteroatoms. The van der Waals surface area contributed by atoms with Gasteiger partial charge in [0.05, 0.1) is 17.7 Å². The molecule has 0 saturated heterocycles. The Morgan fingerprint density at radius 2 is 1.94 bits per heavy atom. The van der Waals surface area contributed by atoms with E-state index in [0.29, 0.717) is 18.2 Å². The summed E-state index contributed by atoms with van der Waals surface area (Å²) in [5, 5.41) is 9.29. The van der Waals surface area contributed by atoms with Crippen LogP contribution in [0.1, 0.15) is 22.8 Å². The van der Waals surface area contributed by atoms with Crippen LogP contribution in [0, 0.1) is 0 Å². The maximum absolute atomic E-state index is 12.4. The van der Waals surface area contributed by atoms with Gasteiger partial charge in [0.25, 0.3) is 5.78 Å². The van der Waals surface area contributed by atoms with Gasteiger partial charge in [-0.25, -0.2) is 4.79 Å². The number of Topliss-reactive ketones (excluding diaryl/α,β-unsaturated/α-hetero) is 1. The molecule has 98 valence electrons. The lowest BCUT2D eigenvalue weighted by Crippen LogP contribution is -2.18. The van der Waals surface area contributed by atoms with Crippen molar-refractivity contribution in [3.63, 3.8) is 0 Å². The highest BCUT2D eigenvalue weighted by Crippen LogP contribution is 2.32. The molecule has 0 amide bonds. The standard InChI is InChI=1S/C11H9F3O4/c1-2-18-10(17)9(16)7-5-6(11(12,13)14)3-4-8(7)15/h3-5,15H,2H2,1H3. The highest BCUT2D eigenvalue weighted by Gasteiger charge is 2.32. The van der Waals surface area contributed by atoms with E-state index in [0.717, 1.165) is 0 Å². The number of carbonyl (C=O) groups is 2. The summed E-state index contributed by atoms with van der Waals surface area (Å²) < 4.78 is 41.6. The summed E-state index contributed by atoms with van der Waals surface area (Å²) in [6.45, 7) is 1.35. The number of hydrogen-bond acceptors (Lipinski definition) is 4. The monoisotopic (exact) mass is 262 g/mol. The molecular formula is C11H9F3O4. The molecule has 1 aromatic carbocycles. The van der Waals surface area contributed by atoms with E-state index < -0.39 is 34.8 Å². The van der Waals surface area contributed by atoms with Crippen LogP contribution in [0.5, 0.6) is 5.75 Å². The molecule has 18 heavy (non-hydrogen) atoms. The maximum atomic E-state index is 12.4. The molecule has 0 fully saturated rings. The van der Waals surface area contributed by atoms with E-state index in [9.17, 15) is 27.9 Å². The average molecular weight is 262 g/mol. The number of ketones is 1. The van der Waals surface area contributed by atoms with Gasteiger partial charge >= 0.3 is 12.1 Å². The summed E-state index contributed by atoms with van der Waals surface area (Å²) in [5.74, 6) is -3.34. The topological polar surface area (TPSA) is 63.6 Å². The minimum Gasteiger partial charge on any atom is -0.507 e. The first-order valence-electron chi connectivity index (χ1n) is 4.89. The molecule has 0 aliphatic heterocycles. The van der Waals surface area contributed by atoms with E-state index in [2.05, 4.69) is 4.74 Å². The second-order valence-corrected chi connectivity index (χ2v) is 3.28. The second-order valence-electron chi connectivity index (χ2n) is 3.28. The molecule has 0 saturated carbocycles. The van der Waals surface area contributed by atoms with Gasteiger partial charge in [-0.2, -0.15) is 13.2 Å². The van der Waals surface area contributed by atoms with Gasteiger partial charge in [0.1, 0.15) is 5.75 Å². The summed E-state index contributed by atoms with van der Waals surface area (Å²) in [6, 6.07) is 1.72. The first-order valence-corrected chi connectivity index (χ1v) is 4.89. The number of hydrogen-bond donors (Lipinski definition) is 1. The molecule has 0 aliphatic carbocycles. The van der Waals surface area contributed by atoms with E-state index in [1.165, 1.54) is 6.92 Å². The van der Waals surface area contributed by atoms with E-state index in [-0.39, 0.29) is 6.61 Å². The number of aromatic hydroxyl groups is 1. The van der Waals surface area contributed by atoms with Crippen LogP contribution in [-0.4, -0.2) is 23.5 Å². The maximum Gasteiger partial charge on any atom is 0.416 e. The first kappa shape index (κ1) is 14.0. The van der Waals surface area contributed by atoms with Crippen LogP contribution in [0.2, 0.25) is 0 Å². The summed E-state index contributed by atoms with van der Waals surface area (Å²) in [6.07, 6.45) is -4.67. The van der Waals surface area contributed by atoms with Crippen LogP contribution in [0.3, 0.4) is 0 Å². The predicted octanol–water partition coefficient (Wildman–Crippen LogP) is 2.16. The SMILES string of the molecule is CCOC(=O)C(=O)c1cc(C(F)(F)F)ccc1O. The quantitative estimate of drug-likeness (QED) is 0.515. The molecule has 4 nitrogen and oxygen atoms in total. The van der Waals surface area contributed by atoms with Gasteiger partial charge in [-0.15, -0.1) is 0 Å². The van der Waals surface area contributed by atoms with Crippen LogP contribution in [0.15, 0.2) is 18.2 Å². The zero-order valence-corrected chi connectivity index (χ0v) is 9.25. The molecular weight excluding hydrogens is 253 g/mol. The molecule has 0 bridgehead atoms. The Morgan fingerprint density at radius 1 is 1.33 bits per heavy atom. The van der Waals surface area contributed by atoms with Gasteiger partial charge in [-0.1, -0.05) is 0 Å². The van der Waals surface area contributed by atoms with Crippen molar-refractivity contribution in [2.75, 3.05) is 6.61 Å². The van der Waals surface area contributed by atoms with Gasteiger partial charge in [0.2, 0.25) is 0 Å². The van der Waals surface area contributed by atoms with Crippen LogP contribution < -0.4 is 0 Å². The number of phenols is 1. The zero-order chi connectivity index (χ0) is 13.9. The fourth-order valence-corrected chi connectivity index (χ4v) is 1.20. The van der Waals surface area contributed by atoms with Crippen molar-refractivity contribution in [1.82, 2.24) is 0 Å². The van der Waals surface area contributed by atoms with Crippen molar-refractivity contribution >= 4 is 11.8 Å². The lowest BCUT2D eigenvalue weighted by atomic mass is 10.1. The number of halogens is 3. The Hall–Kier alpha value is -2.05. The van der Waals surface area contributed by atoms with E-state index in [1.54, 1.807) is 0 Å². The Bertz CT molecular complexity index is 480. The second kappa shape index (κ2) is 5.07. The van der Waals surface area contributed by atoms with Crippen LogP contribution in [0.4, 0.5) is 13.2 Å².